The van der Waals surface area contributed by atoms with Crippen LogP contribution in [0.25, 0.3) is 94.3 Å². The van der Waals surface area contributed by atoms with E-state index in [4.69, 9.17) is 0 Å². The average Bonchev–Trinajstić information content (AvgIpc) is 0.711. The van der Waals surface area contributed by atoms with Crippen LogP contribution in [-0.4, -0.2) is 11.3 Å². The molecule has 1 aromatic heterocycles. The van der Waals surface area contributed by atoms with Gasteiger partial charge < -0.3 is 19.3 Å². The molecule has 0 saturated carbocycles. The van der Waals surface area contributed by atoms with Crippen molar-refractivity contribution in [3.8, 4) is 72.4 Å². The average molecular weight is 1490 g/mol. The molecule has 0 spiro atoms. The Labute approximate surface area is 681 Å². The summed E-state index contributed by atoms with van der Waals surface area (Å²) in [4.78, 5) is 7.81. The van der Waals surface area contributed by atoms with Gasteiger partial charge in [0.2, 0.25) is 0 Å². The summed E-state index contributed by atoms with van der Waals surface area (Å²) in [7, 11) is 0. The Hall–Kier alpha value is -12.4. The second kappa shape index (κ2) is 28.3. The van der Waals surface area contributed by atoms with Crippen molar-refractivity contribution in [2.45, 2.75) is 131 Å². The van der Waals surface area contributed by atoms with E-state index in [0.717, 1.165) is 118 Å². The Morgan fingerprint density at radius 1 is 0.235 bits per heavy atom. The van der Waals surface area contributed by atoms with Gasteiger partial charge in [-0.15, -0.1) is 0 Å². The Morgan fingerprint density at radius 2 is 0.609 bits per heavy atom. The molecule has 0 saturated heterocycles. The summed E-state index contributed by atoms with van der Waals surface area (Å²) >= 11 is 0. The van der Waals surface area contributed by atoms with Gasteiger partial charge in [0, 0.05) is 73.1 Å². The van der Waals surface area contributed by atoms with Gasteiger partial charge >= 0.3 is 0 Å². The molecule has 0 atom stereocenters. The first-order chi connectivity index (χ1) is 55.2. The third-order valence-electron chi connectivity index (χ3n) is 24.0. The minimum atomic E-state index is -0.264. The fourth-order valence-electron chi connectivity index (χ4n) is 17.6. The van der Waals surface area contributed by atoms with Crippen molar-refractivity contribution in [3.05, 3.63) is 368 Å². The zero-order valence-corrected chi connectivity index (χ0v) is 69.2. The molecule has 115 heavy (non-hydrogen) atoms. The lowest BCUT2D eigenvalue weighted by Gasteiger charge is -2.45. The molecule has 0 radical (unpaired) electrons. The lowest BCUT2D eigenvalue weighted by molar-refractivity contribution is 0.568. The number of hydrogen-bond donors (Lipinski definition) is 0. The van der Waals surface area contributed by atoms with Crippen molar-refractivity contribution in [2.24, 2.45) is 0 Å². The molecule has 0 N–H and O–H groups in total. The van der Waals surface area contributed by atoms with Gasteiger partial charge in [-0.25, -0.2) is 0 Å². The maximum atomic E-state index is 2.75. The molecule has 0 aliphatic carbocycles. The van der Waals surface area contributed by atoms with Crippen LogP contribution >= 0.6 is 0 Å². The Bertz CT molecular complexity index is 6180. The fraction of sp³-hybridized carbons (Fsp3) is 0.182. The molecule has 2 aliphatic heterocycles. The molecule has 5 heteroatoms. The number of para-hydroxylation sites is 3. The van der Waals surface area contributed by atoms with Crippen LogP contribution in [0.4, 0.5) is 51.2 Å². The van der Waals surface area contributed by atoms with Crippen LogP contribution in [0.3, 0.4) is 0 Å². The summed E-state index contributed by atoms with van der Waals surface area (Å²) in [5.74, 6) is 0. The first-order valence-corrected chi connectivity index (χ1v) is 41.1. The monoisotopic (exact) mass is 1490 g/mol. The van der Waals surface area contributed by atoms with E-state index in [0.29, 0.717) is 0 Å². The second-order valence-corrected chi connectivity index (χ2v) is 37.1. The largest absolute Gasteiger partial charge is 0.311 e. The molecular weight excluding hydrogens is 1390 g/mol. The maximum Gasteiger partial charge on any atom is 0.252 e. The van der Waals surface area contributed by atoms with Crippen molar-refractivity contribution in [3.63, 3.8) is 0 Å². The van der Waals surface area contributed by atoms with Crippen LogP contribution in [0.15, 0.2) is 340 Å². The fourth-order valence-corrected chi connectivity index (χ4v) is 17.6. The molecule has 16 aromatic rings. The first-order valence-electron chi connectivity index (χ1n) is 41.1. The van der Waals surface area contributed by atoms with Crippen LogP contribution in [0.1, 0.15) is 132 Å². The quantitative estimate of drug-likeness (QED) is 0.113. The number of aromatic nitrogens is 1. The lowest BCUT2D eigenvalue weighted by Crippen LogP contribution is -2.61. The van der Waals surface area contributed by atoms with Gasteiger partial charge in [0.1, 0.15) is 0 Å². The summed E-state index contributed by atoms with van der Waals surface area (Å²) in [5.41, 5.74) is 36.7. The number of rotatable bonds is 12. The molecule has 2 aliphatic rings. The summed E-state index contributed by atoms with van der Waals surface area (Å²) < 4.78 is 2.54. The lowest BCUT2D eigenvalue weighted by atomic mass is 9.33. The van der Waals surface area contributed by atoms with E-state index < -0.39 is 0 Å². The standard InChI is InChI=1S/C110H101BN4/c1-106(2,3)82-57-79(58-83(66-82)107(4,5)6)76-50-53-96-100(63-76)114(91-61-77(72-36-22-16-23-37-72)56-78(62-91)73-38-24-17-25-39-73)102-64-81(80-59-84(108(7,8)9)67-85(60-80)109(10,11)12)65-103-104(102)111(96)97-54-51-90(71-101(97)115(103)105-93(74-40-26-18-27-41-74)68-86(110(13,14)15)69-94(105)75-42-28-19-29-43-75)113-98-49-35-34-48-92(98)95-70-89(52-55-99(95)113)112(87-44-30-20-31-45-87)88-46-32-21-33-47-88/h16-71H,1-15H3. The van der Waals surface area contributed by atoms with Gasteiger partial charge in [-0.3, -0.25) is 0 Å². The van der Waals surface area contributed by atoms with Crippen LogP contribution in [0.5, 0.6) is 0 Å². The van der Waals surface area contributed by atoms with Crippen LogP contribution < -0.4 is 31.1 Å². The topological polar surface area (TPSA) is 14.7 Å². The predicted molar refractivity (Wildman–Crippen MR) is 496 cm³/mol. The number of hydrogen-bond acceptors (Lipinski definition) is 3. The molecule has 0 unspecified atom stereocenters. The Morgan fingerprint density at radius 3 is 1.09 bits per heavy atom. The third kappa shape index (κ3) is 13.7. The van der Waals surface area contributed by atoms with Crippen molar-refractivity contribution in [1.29, 1.82) is 0 Å². The molecule has 0 fully saturated rings. The summed E-state index contributed by atoms with van der Waals surface area (Å²) in [6.07, 6.45) is 0. The zero-order valence-electron chi connectivity index (χ0n) is 69.2. The van der Waals surface area contributed by atoms with E-state index >= 15 is 0 Å². The Balaban J connectivity index is 1.01. The SMILES string of the molecule is CC(C)(C)c1cc(-c2ccc3c(c2)N(c2cc(-c4ccccc4)cc(-c4ccccc4)c2)c2cc(-c4cc(C(C)(C)C)cc(C(C)(C)C)c4)cc4c2B3c2ccc(-n3c5ccccc5c5cc(N(c6ccccc6)c6ccccc6)ccc53)cc2N4c2c(-c3ccccc3)cc(C(C)(C)C)cc2-c2ccccc2)cc(C(C)(C)C)c1. The molecule has 18 rings (SSSR count). The molecule has 0 amide bonds. The van der Waals surface area contributed by atoms with E-state index in [9.17, 15) is 0 Å². The Kier molecular flexibility index (Phi) is 18.2. The minimum absolute atomic E-state index is 0.108. The van der Waals surface area contributed by atoms with Gasteiger partial charge in [0.05, 0.1) is 16.7 Å². The number of benzene rings is 15. The van der Waals surface area contributed by atoms with Crippen LogP contribution in [-0.2, 0) is 27.1 Å². The van der Waals surface area contributed by atoms with Crippen molar-refractivity contribution in [2.75, 3.05) is 14.7 Å². The number of fused-ring (bicyclic) bond motifs is 7. The van der Waals surface area contributed by atoms with Gasteiger partial charge in [-0.05, 0) is 236 Å². The molecule has 564 valence electrons. The third-order valence-corrected chi connectivity index (χ3v) is 24.0. The van der Waals surface area contributed by atoms with E-state index in [2.05, 4.69) is 463 Å². The van der Waals surface area contributed by atoms with Crippen LogP contribution in [0.2, 0.25) is 0 Å². The van der Waals surface area contributed by atoms with Crippen molar-refractivity contribution < 1.29 is 0 Å². The van der Waals surface area contributed by atoms with E-state index in [1.54, 1.807) is 0 Å². The highest BCUT2D eigenvalue weighted by atomic mass is 15.2. The van der Waals surface area contributed by atoms with E-state index in [-0.39, 0.29) is 33.8 Å². The summed E-state index contributed by atoms with van der Waals surface area (Å²) in [6.45, 7) is 35.2. The van der Waals surface area contributed by atoms with E-state index in [1.165, 1.54) is 71.7 Å². The summed E-state index contributed by atoms with van der Waals surface area (Å²) in [5, 5.41) is 2.36. The summed E-state index contributed by atoms with van der Waals surface area (Å²) in [6, 6.07) is 130. The predicted octanol–water partition coefficient (Wildman–Crippen LogP) is 28.8. The highest BCUT2D eigenvalue weighted by molar-refractivity contribution is 7.00. The highest BCUT2D eigenvalue weighted by Gasteiger charge is 2.46. The zero-order chi connectivity index (χ0) is 79.6. The molecule has 4 nitrogen and oxygen atoms in total. The second-order valence-electron chi connectivity index (χ2n) is 37.1. The van der Waals surface area contributed by atoms with Gasteiger partial charge in [0.15, 0.2) is 0 Å². The molecular formula is C110H101BN4. The van der Waals surface area contributed by atoms with Crippen molar-refractivity contribution >= 4 is 96.1 Å². The van der Waals surface area contributed by atoms with E-state index in [1.807, 2.05) is 0 Å². The number of nitrogens with zero attached hydrogens (tertiary/aromatic N) is 4. The maximum absolute atomic E-state index is 2.75. The van der Waals surface area contributed by atoms with Gasteiger partial charge in [0.25, 0.3) is 6.71 Å². The van der Waals surface area contributed by atoms with Crippen molar-refractivity contribution in [1.82, 2.24) is 4.57 Å². The molecule has 0 bridgehead atoms. The van der Waals surface area contributed by atoms with Gasteiger partial charge in [-0.1, -0.05) is 334 Å². The number of anilines is 9. The first kappa shape index (κ1) is 74.0. The van der Waals surface area contributed by atoms with Gasteiger partial charge in [-0.2, -0.15) is 0 Å². The normalized spacial score (nSPS) is 12.9. The highest BCUT2D eigenvalue weighted by Crippen LogP contribution is 2.55. The van der Waals surface area contributed by atoms with Crippen LogP contribution in [0, 0.1) is 0 Å². The smallest absolute Gasteiger partial charge is 0.252 e. The molecule has 3 heterocycles. The molecule has 15 aromatic carbocycles. The minimum Gasteiger partial charge on any atom is -0.311 e.